The highest BCUT2D eigenvalue weighted by molar-refractivity contribution is 14.1. The number of hydrogen-bond acceptors (Lipinski definition) is 4. The van der Waals surface area contributed by atoms with E-state index in [2.05, 4.69) is 69.7 Å². The predicted molar refractivity (Wildman–Crippen MR) is 94.9 cm³/mol. The average Bonchev–Trinajstić information content (AvgIpc) is 3.24. The van der Waals surface area contributed by atoms with Gasteiger partial charge in [-0.1, -0.05) is 0 Å². The van der Waals surface area contributed by atoms with E-state index in [0.717, 1.165) is 29.7 Å². The molecule has 0 radical (unpaired) electrons. The van der Waals surface area contributed by atoms with Gasteiger partial charge in [0.15, 0.2) is 5.82 Å². The number of nitrogens with one attached hydrogen (secondary N) is 1. The first-order chi connectivity index (χ1) is 9.60. The molecular formula is C13H11Br2IN4. The molecule has 0 bridgehead atoms. The molecule has 2 aromatic rings. The van der Waals surface area contributed by atoms with E-state index in [9.17, 15) is 0 Å². The van der Waals surface area contributed by atoms with E-state index in [-0.39, 0.29) is 0 Å². The molecule has 0 saturated heterocycles. The maximum Gasteiger partial charge on any atom is 0.181 e. The first kappa shape index (κ1) is 14.6. The molecule has 4 nitrogen and oxygen atoms in total. The van der Waals surface area contributed by atoms with Gasteiger partial charge in [0.05, 0.1) is 9.26 Å². The Hall–Kier alpha value is -0.280. The molecule has 3 rings (SSSR count). The zero-order chi connectivity index (χ0) is 14.3. The highest BCUT2D eigenvalue weighted by Gasteiger charge is 2.29. The molecule has 0 aromatic carbocycles. The SMILES string of the molecule is CNc1nc(-c2ncc(Br)cc2Br)nc(C2CC2)c1I. The summed E-state index contributed by atoms with van der Waals surface area (Å²) in [5.41, 5.74) is 1.90. The lowest BCUT2D eigenvalue weighted by Crippen LogP contribution is -2.05. The number of hydrogen-bond donors (Lipinski definition) is 1. The second-order valence-corrected chi connectivity index (χ2v) is 7.45. The second-order valence-electron chi connectivity index (χ2n) is 4.60. The van der Waals surface area contributed by atoms with Crippen LogP contribution in [0.1, 0.15) is 24.5 Å². The van der Waals surface area contributed by atoms with E-state index >= 15 is 0 Å². The summed E-state index contributed by atoms with van der Waals surface area (Å²) in [5, 5.41) is 3.15. The van der Waals surface area contributed by atoms with E-state index in [1.807, 2.05) is 13.1 Å². The summed E-state index contributed by atoms with van der Waals surface area (Å²) in [6.45, 7) is 0. The highest BCUT2D eigenvalue weighted by Crippen LogP contribution is 2.43. The first-order valence-corrected chi connectivity index (χ1v) is 8.83. The van der Waals surface area contributed by atoms with E-state index in [4.69, 9.17) is 4.98 Å². The van der Waals surface area contributed by atoms with Crippen LogP contribution in [0.3, 0.4) is 0 Å². The van der Waals surface area contributed by atoms with Crippen molar-refractivity contribution in [2.75, 3.05) is 12.4 Å². The normalized spacial score (nSPS) is 14.4. The molecule has 2 heterocycles. The minimum Gasteiger partial charge on any atom is -0.372 e. The van der Waals surface area contributed by atoms with Crippen LogP contribution in [-0.2, 0) is 0 Å². The summed E-state index contributed by atoms with van der Waals surface area (Å²) in [4.78, 5) is 13.7. The van der Waals surface area contributed by atoms with Gasteiger partial charge in [0.25, 0.3) is 0 Å². The molecular weight excluding hydrogens is 499 g/mol. The monoisotopic (exact) mass is 508 g/mol. The van der Waals surface area contributed by atoms with Crippen molar-refractivity contribution in [3.05, 3.63) is 30.5 Å². The number of pyridine rings is 1. The lowest BCUT2D eigenvalue weighted by atomic mass is 10.2. The number of aromatic nitrogens is 3. The fourth-order valence-corrected chi connectivity index (χ4v) is 4.06. The number of halogens is 3. The smallest absolute Gasteiger partial charge is 0.181 e. The lowest BCUT2D eigenvalue weighted by molar-refractivity contribution is 0.971. The topological polar surface area (TPSA) is 50.7 Å². The molecule has 1 aliphatic rings. The number of anilines is 1. The molecule has 1 fully saturated rings. The van der Waals surface area contributed by atoms with Gasteiger partial charge in [-0.05, 0) is 73.4 Å². The van der Waals surface area contributed by atoms with Crippen LogP contribution in [0, 0.1) is 3.57 Å². The molecule has 0 amide bonds. The molecule has 0 spiro atoms. The molecule has 1 aliphatic carbocycles. The molecule has 1 N–H and O–H groups in total. The van der Waals surface area contributed by atoms with Crippen molar-refractivity contribution < 1.29 is 0 Å². The van der Waals surface area contributed by atoms with Gasteiger partial charge < -0.3 is 5.32 Å². The van der Waals surface area contributed by atoms with Crippen molar-refractivity contribution in [3.63, 3.8) is 0 Å². The Balaban J connectivity index is 2.15. The van der Waals surface area contributed by atoms with E-state index < -0.39 is 0 Å². The van der Waals surface area contributed by atoms with Gasteiger partial charge >= 0.3 is 0 Å². The molecule has 2 aromatic heterocycles. The zero-order valence-electron chi connectivity index (χ0n) is 10.6. The fraction of sp³-hybridized carbons (Fsp3) is 0.308. The van der Waals surface area contributed by atoms with Gasteiger partial charge in [-0.25, -0.2) is 9.97 Å². The number of nitrogens with zero attached hydrogens (tertiary/aromatic N) is 3. The molecule has 7 heteroatoms. The second kappa shape index (κ2) is 5.84. The summed E-state index contributed by atoms with van der Waals surface area (Å²) in [6, 6.07) is 1.96. The fourth-order valence-electron chi connectivity index (χ4n) is 1.94. The minimum atomic E-state index is 0.574. The van der Waals surface area contributed by atoms with Gasteiger partial charge in [0, 0.05) is 28.1 Å². The third kappa shape index (κ3) is 2.85. The minimum absolute atomic E-state index is 0.574. The van der Waals surface area contributed by atoms with Gasteiger partial charge in [-0.3, -0.25) is 4.98 Å². The molecule has 0 unspecified atom stereocenters. The largest absolute Gasteiger partial charge is 0.372 e. The highest BCUT2D eigenvalue weighted by atomic mass is 127. The average molecular weight is 510 g/mol. The van der Waals surface area contributed by atoms with Crippen LogP contribution in [0.2, 0.25) is 0 Å². The van der Waals surface area contributed by atoms with Gasteiger partial charge in [-0.2, -0.15) is 0 Å². The summed E-state index contributed by atoms with van der Waals surface area (Å²) < 4.78 is 2.93. The van der Waals surface area contributed by atoms with Gasteiger partial charge in [0.2, 0.25) is 0 Å². The first-order valence-electron chi connectivity index (χ1n) is 6.16. The summed E-state index contributed by atoms with van der Waals surface area (Å²) in [5.74, 6) is 2.11. The Morgan fingerprint density at radius 1 is 1.30 bits per heavy atom. The Labute approximate surface area is 147 Å². The standard InChI is InChI=1S/C13H11Br2IN4/c1-17-12-9(16)10(6-2-3-6)19-13(20-12)11-8(15)4-7(14)5-18-11/h4-6H,2-3H2,1H3,(H,17,19,20). The van der Waals surface area contributed by atoms with Crippen LogP contribution in [0.4, 0.5) is 5.82 Å². The molecule has 104 valence electrons. The third-order valence-electron chi connectivity index (χ3n) is 3.10. The Morgan fingerprint density at radius 2 is 2.05 bits per heavy atom. The Kier molecular flexibility index (Phi) is 4.28. The van der Waals surface area contributed by atoms with Crippen LogP contribution in [0.5, 0.6) is 0 Å². The Morgan fingerprint density at radius 3 is 2.65 bits per heavy atom. The zero-order valence-corrected chi connectivity index (χ0v) is 16.0. The van der Waals surface area contributed by atoms with Crippen molar-refractivity contribution in [2.24, 2.45) is 0 Å². The lowest BCUT2D eigenvalue weighted by Gasteiger charge is -2.11. The van der Waals surface area contributed by atoms with E-state index in [1.54, 1.807) is 6.20 Å². The quantitative estimate of drug-likeness (QED) is 0.615. The molecule has 1 saturated carbocycles. The molecule has 0 atom stereocenters. The van der Waals surface area contributed by atoms with Crippen LogP contribution in [0.25, 0.3) is 11.5 Å². The van der Waals surface area contributed by atoms with Crippen LogP contribution in [0.15, 0.2) is 21.2 Å². The van der Waals surface area contributed by atoms with Crippen LogP contribution < -0.4 is 5.32 Å². The number of rotatable bonds is 3. The van der Waals surface area contributed by atoms with E-state index in [0.29, 0.717) is 11.7 Å². The molecule has 0 aliphatic heterocycles. The van der Waals surface area contributed by atoms with Crippen molar-refractivity contribution in [1.29, 1.82) is 0 Å². The Bertz CT molecular complexity index is 674. The van der Waals surface area contributed by atoms with Gasteiger partial charge in [-0.15, -0.1) is 0 Å². The van der Waals surface area contributed by atoms with Crippen molar-refractivity contribution in [1.82, 2.24) is 15.0 Å². The van der Waals surface area contributed by atoms with E-state index in [1.165, 1.54) is 12.8 Å². The maximum atomic E-state index is 4.74. The van der Waals surface area contributed by atoms with Crippen molar-refractivity contribution >= 4 is 60.3 Å². The maximum absolute atomic E-state index is 4.74. The summed E-state index contributed by atoms with van der Waals surface area (Å²) >= 11 is 9.26. The van der Waals surface area contributed by atoms with Crippen molar-refractivity contribution in [3.8, 4) is 11.5 Å². The third-order valence-corrected chi connectivity index (χ3v) is 5.20. The van der Waals surface area contributed by atoms with Crippen molar-refractivity contribution in [2.45, 2.75) is 18.8 Å². The molecule has 20 heavy (non-hydrogen) atoms. The predicted octanol–water partition coefficient (Wildman–Crippen LogP) is 4.59. The van der Waals surface area contributed by atoms with Crippen LogP contribution >= 0.6 is 54.5 Å². The summed E-state index contributed by atoms with van der Waals surface area (Å²) in [6.07, 6.45) is 4.19. The van der Waals surface area contributed by atoms with Gasteiger partial charge in [0.1, 0.15) is 11.5 Å². The van der Waals surface area contributed by atoms with Crippen LogP contribution in [-0.4, -0.2) is 22.0 Å². The summed E-state index contributed by atoms with van der Waals surface area (Å²) in [7, 11) is 1.88.